The predicted molar refractivity (Wildman–Crippen MR) is 197 cm³/mol. The van der Waals surface area contributed by atoms with Gasteiger partial charge >= 0.3 is 6.09 Å². The van der Waals surface area contributed by atoms with Crippen molar-refractivity contribution >= 4 is 27.5 Å². The van der Waals surface area contributed by atoms with Crippen molar-refractivity contribution in [1.82, 2.24) is 20.0 Å². The number of halogens is 1. The maximum Gasteiger partial charge on any atom is 0.407 e. The molecule has 52 heavy (non-hydrogen) atoms. The first kappa shape index (κ1) is 37.8. The van der Waals surface area contributed by atoms with Crippen LogP contribution < -0.4 is 10.2 Å². The number of likely N-dealkylation sites (N-methyl/N-ethyl adjacent to an activating group) is 1. The predicted octanol–water partition coefficient (Wildman–Crippen LogP) is 4.06. The SMILES string of the molecule is COC(=O)N[C@H]1CCC[C@@H]1[C@@](C#N)(c1cccc(F)c1)C1CCN(CC2CN(c3ccc(S(=O)(=O)C4CN(C(=O)/C=C/CN(C)C)C4)cc3)C2)CC1. The largest absolute Gasteiger partial charge is 0.453 e. The first-order valence-corrected chi connectivity index (χ1v) is 19.9. The summed E-state index contributed by atoms with van der Waals surface area (Å²) in [5, 5.41) is 13.3. The number of carbonyl (C=O) groups is 2. The van der Waals surface area contributed by atoms with E-state index in [1.165, 1.54) is 25.3 Å². The van der Waals surface area contributed by atoms with Gasteiger partial charge < -0.3 is 29.7 Å². The molecule has 280 valence electrons. The van der Waals surface area contributed by atoms with Crippen molar-refractivity contribution in [3.8, 4) is 6.07 Å². The number of anilines is 1. The third-order valence-corrected chi connectivity index (χ3v) is 13.7. The van der Waals surface area contributed by atoms with Crippen LogP contribution in [0.2, 0.25) is 0 Å². The monoisotopic (exact) mass is 734 g/mol. The average Bonchev–Trinajstić information content (AvgIpc) is 3.54. The summed E-state index contributed by atoms with van der Waals surface area (Å²) in [5.41, 5.74) is 0.756. The van der Waals surface area contributed by atoms with E-state index >= 15 is 0 Å². The van der Waals surface area contributed by atoms with Crippen molar-refractivity contribution in [2.75, 3.05) is 78.5 Å². The Morgan fingerprint density at radius 1 is 1.06 bits per heavy atom. The lowest BCUT2D eigenvalue weighted by Gasteiger charge is -2.48. The smallest absolute Gasteiger partial charge is 0.407 e. The van der Waals surface area contributed by atoms with E-state index in [4.69, 9.17) is 4.74 Å². The molecule has 2 aromatic rings. The third kappa shape index (κ3) is 7.84. The summed E-state index contributed by atoms with van der Waals surface area (Å²) in [6, 6.07) is 16.0. The second kappa shape index (κ2) is 15.9. The van der Waals surface area contributed by atoms with Crippen molar-refractivity contribution in [2.45, 2.75) is 53.7 Å². The first-order valence-electron chi connectivity index (χ1n) is 18.4. The van der Waals surface area contributed by atoms with Crippen LogP contribution in [0.5, 0.6) is 0 Å². The summed E-state index contributed by atoms with van der Waals surface area (Å²) >= 11 is 0. The molecule has 0 aromatic heterocycles. The number of ether oxygens (including phenoxy) is 1. The minimum atomic E-state index is -3.53. The van der Waals surface area contributed by atoms with Gasteiger partial charge in [-0.2, -0.15) is 5.26 Å². The zero-order valence-electron chi connectivity index (χ0n) is 30.4. The topological polar surface area (TPSA) is 126 Å². The van der Waals surface area contributed by atoms with E-state index in [0.29, 0.717) is 18.0 Å². The van der Waals surface area contributed by atoms with Crippen molar-refractivity contribution in [3.05, 3.63) is 72.1 Å². The number of hydrogen-bond donors (Lipinski definition) is 1. The number of likely N-dealkylation sites (tertiary alicyclic amines) is 2. The van der Waals surface area contributed by atoms with E-state index in [0.717, 1.165) is 70.5 Å². The minimum Gasteiger partial charge on any atom is -0.453 e. The van der Waals surface area contributed by atoms with Crippen LogP contribution in [0, 0.1) is 34.9 Å². The molecule has 1 saturated carbocycles. The number of carbonyl (C=O) groups excluding carboxylic acids is 2. The number of alkyl carbamates (subject to hydrolysis) is 1. The fourth-order valence-corrected chi connectivity index (χ4v) is 10.4. The molecule has 0 spiro atoms. The standard InChI is InChI=1S/C39H51FN6O5S/c1-43(2)18-6-11-37(47)46-25-34(26-46)52(49,50)33-14-12-32(13-15-33)45-23-28(24-45)22-44-19-16-29(17-20-44)39(27-41,30-7-4-8-31(40)21-30)35-9-5-10-36(35)42-38(48)51-3/h4,6-8,11-15,21,28-29,34-36H,5,9-10,16-20,22-26H2,1-3H3,(H,42,48)/b11-6+/t35-,36-,39+/m0/s1. The maximum atomic E-state index is 14.6. The molecule has 0 radical (unpaired) electrons. The number of nitrogens with zero attached hydrogens (tertiary/aromatic N) is 5. The molecule has 0 bridgehead atoms. The third-order valence-electron chi connectivity index (χ3n) is 11.6. The Morgan fingerprint density at radius 2 is 1.77 bits per heavy atom. The summed E-state index contributed by atoms with van der Waals surface area (Å²) in [4.78, 5) is 33.1. The zero-order chi connectivity index (χ0) is 37.0. The fraction of sp³-hybridized carbons (Fsp3) is 0.564. The second-order valence-corrected chi connectivity index (χ2v) is 17.4. The Morgan fingerprint density at radius 3 is 2.40 bits per heavy atom. The lowest BCUT2D eigenvalue weighted by molar-refractivity contribution is -0.129. The van der Waals surface area contributed by atoms with Crippen LogP contribution in [0.15, 0.2) is 65.6 Å². The maximum absolute atomic E-state index is 14.6. The van der Waals surface area contributed by atoms with Gasteiger partial charge in [-0.05, 0) is 101 Å². The van der Waals surface area contributed by atoms with E-state index in [1.54, 1.807) is 29.2 Å². The number of rotatable bonds is 12. The number of benzene rings is 2. The van der Waals surface area contributed by atoms with Gasteiger partial charge in [-0.25, -0.2) is 17.6 Å². The Hall–Kier alpha value is -3.99. The molecule has 11 nitrogen and oxygen atoms in total. The summed E-state index contributed by atoms with van der Waals surface area (Å²) in [6.45, 7) is 5.42. The van der Waals surface area contributed by atoms with Crippen LogP contribution in [-0.4, -0.2) is 120 Å². The van der Waals surface area contributed by atoms with Gasteiger partial charge in [0.1, 0.15) is 11.1 Å². The number of piperidine rings is 1. The highest BCUT2D eigenvalue weighted by molar-refractivity contribution is 7.92. The van der Waals surface area contributed by atoms with Crippen LogP contribution in [0.1, 0.15) is 37.7 Å². The number of sulfone groups is 1. The van der Waals surface area contributed by atoms with Gasteiger partial charge in [0.15, 0.2) is 9.84 Å². The normalized spacial score (nSPS) is 23.2. The lowest BCUT2D eigenvalue weighted by atomic mass is 9.59. The van der Waals surface area contributed by atoms with Gasteiger partial charge in [0.25, 0.3) is 0 Å². The van der Waals surface area contributed by atoms with Crippen LogP contribution in [0.4, 0.5) is 14.9 Å². The molecule has 3 heterocycles. The summed E-state index contributed by atoms with van der Waals surface area (Å²) in [6.07, 6.45) is 6.80. The van der Waals surface area contributed by atoms with Crippen molar-refractivity contribution in [1.29, 1.82) is 5.26 Å². The molecular formula is C39H51FN6O5S. The molecule has 1 aliphatic carbocycles. The molecule has 13 heteroatoms. The van der Waals surface area contributed by atoms with E-state index in [-0.39, 0.29) is 47.6 Å². The molecule has 1 N–H and O–H groups in total. The quantitative estimate of drug-likeness (QED) is 0.322. The van der Waals surface area contributed by atoms with E-state index in [9.17, 15) is 27.7 Å². The van der Waals surface area contributed by atoms with Gasteiger partial charge in [0, 0.05) is 68.9 Å². The molecule has 3 aliphatic heterocycles. The summed E-state index contributed by atoms with van der Waals surface area (Å²) in [5.74, 6) is -0.186. The molecule has 0 unspecified atom stereocenters. The molecule has 3 saturated heterocycles. The highest BCUT2D eigenvalue weighted by atomic mass is 32.2. The molecular weight excluding hydrogens is 684 g/mol. The number of hydrogen-bond acceptors (Lipinski definition) is 9. The molecule has 4 aliphatic rings. The zero-order valence-corrected chi connectivity index (χ0v) is 31.2. The van der Waals surface area contributed by atoms with Gasteiger partial charge in [0.05, 0.1) is 23.5 Å². The van der Waals surface area contributed by atoms with Crippen molar-refractivity contribution in [3.63, 3.8) is 0 Å². The highest BCUT2D eigenvalue weighted by Gasteiger charge is 2.53. The van der Waals surface area contributed by atoms with Crippen LogP contribution >= 0.6 is 0 Å². The molecule has 4 fully saturated rings. The highest BCUT2D eigenvalue weighted by Crippen LogP contribution is 2.50. The van der Waals surface area contributed by atoms with Gasteiger partial charge in [-0.1, -0.05) is 24.6 Å². The summed E-state index contributed by atoms with van der Waals surface area (Å²) < 4.78 is 46.0. The van der Waals surface area contributed by atoms with E-state index in [1.807, 2.05) is 37.2 Å². The van der Waals surface area contributed by atoms with Gasteiger partial charge in [-0.15, -0.1) is 0 Å². The number of nitriles is 1. The fourth-order valence-electron chi connectivity index (χ4n) is 8.78. The van der Waals surface area contributed by atoms with Gasteiger partial charge in [-0.3, -0.25) is 4.79 Å². The molecule has 3 atom stereocenters. The molecule has 2 aromatic carbocycles. The number of amides is 2. The molecule has 2 amide bonds. The number of nitrogens with one attached hydrogen (secondary N) is 1. The second-order valence-electron chi connectivity index (χ2n) is 15.2. The Kier molecular flexibility index (Phi) is 11.6. The van der Waals surface area contributed by atoms with E-state index < -0.39 is 26.6 Å². The lowest BCUT2D eigenvalue weighted by Crippen LogP contribution is -2.56. The van der Waals surface area contributed by atoms with E-state index in [2.05, 4.69) is 21.2 Å². The van der Waals surface area contributed by atoms with Gasteiger partial charge in [0.2, 0.25) is 5.91 Å². The van der Waals surface area contributed by atoms with Crippen LogP contribution in [0.3, 0.4) is 0 Å². The van der Waals surface area contributed by atoms with Crippen molar-refractivity contribution < 1.29 is 27.1 Å². The van der Waals surface area contributed by atoms with Crippen molar-refractivity contribution in [2.24, 2.45) is 17.8 Å². The number of methoxy groups -OCH3 is 1. The molecule has 6 rings (SSSR count). The Balaban J connectivity index is 1.01. The first-order chi connectivity index (χ1) is 24.9. The summed E-state index contributed by atoms with van der Waals surface area (Å²) in [7, 11) is 1.64. The van der Waals surface area contributed by atoms with Crippen LogP contribution in [-0.2, 0) is 24.8 Å². The minimum absolute atomic E-state index is 0.0155. The average molecular weight is 735 g/mol. The van der Waals surface area contributed by atoms with Crippen LogP contribution in [0.25, 0.3) is 0 Å². The Labute approximate surface area is 307 Å². The Bertz CT molecular complexity index is 1760.